The van der Waals surface area contributed by atoms with Crippen LogP contribution in [-0.2, 0) is 10.0 Å². The highest BCUT2D eigenvalue weighted by molar-refractivity contribution is 7.89. The molecule has 1 aromatic carbocycles. The summed E-state index contributed by atoms with van der Waals surface area (Å²) in [5, 5.41) is 0. The number of aryl methyl sites for hydroxylation is 1. The third-order valence-electron chi connectivity index (χ3n) is 4.54. The van der Waals surface area contributed by atoms with Gasteiger partial charge in [-0.3, -0.25) is 0 Å². The van der Waals surface area contributed by atoms with Gasteiger partial charge in [0.15, 0.2) is 0 Å². The molecular formula is C19H33NO3S. The number of nitrogens with one attached hydrogen (secondary N) is 1. The van der Waals surface area contributed by atoms with E-state index in [1.54, 1.807) is 13.2 Å². The van der Waals surface area contributed by atoms with Crippen molar-refractivity contribution in [1.82, 2.24) is 4.72 Å². The van der Waals surface area contributed by atoms with Crippen LogP contribution < -0.4 is 9.46 Å². The minimum absolute atomic E-state index is 0.197. The molecule has 0 amide bonds. The van der Waals surface area contributed by atoms with Crippen LogP contribution in [0.15, 0.2) is 17.0 Å². The molecule has 0 bridgehead atoms. The molecule has 1 rings (SSSR count). The molecule has 0 saturated heterocycles. The van der Waals surface area contributed by atoms with E-state index in [-0.39, 0.29) is 5.92 Å². The van der Waals surface area contributed by atoms with Gasteiger partial charge in [-0.15, -0.1) is 0 Å². The Hall–Kier alpha value is -1.07. The second kappa shape index (κ2) is 9.42. The lowest BCUT2D eigenvalue weighted by Gasteiger charge is -2.19. The maximum absolute atomic E-state index is 12.8. The highest BCUT2D eigenvalue weighted by Crippen LogP contribution is 2.31. The Bertz CT molecular complexity index is 624. The summed E-state index contributed by atoms with van der Waals surface area (Å²) < 4.78 is 33.8. The number of rotatable bonds is 10. The van der Waals surface area contributed by atoms with Crippen molar-refractivity contribution in [2.45, 2.75) is 71.1 Å². The largest absolute Gasteiger partial charge is 0.496 e. The van der Waals surface area contributed by atoms with Gasteiger partial charge in [0, 0.05) is 6.54 Å². The molecule has 0 fully saturated rings. The number of sulfonamides is 1. The van der Waals surface area contributed by atoms with E-state index in [9.17, 15) is 8.42 Å². The van der Waals surface area contributed by atoms with Gasteiger partial charge in [-0.05, 0) is 48.4 Å². The van der Waals surface area contributed by atoms with E-state index in [2.05, 4.69) is 18.6 Å². The van der Waals surface area contributed by atoms with Crippen molar-refractivity contribution in [3.63, 3.8) is 0 Å². The summed E-state index contributed by atoms with van der Waals surface area (Å²) in [6.45, 7) is 10.7. The lowest BCUT2D eigenvalue weighted by molar-refractivity contribution is 0.406. The van der Waals surface area contributed by atoms with E-state index in [0.29, 0.717) is 22.9 Å². The second-order valence-corrected chi connectivity index (χ2v) is 8.52. The van der Waals surface area contributed by atoms with Gasteiger partial charge in [0.1, 0.15) is 5.75 Å². The van der Waals surface area contributed by atoms with Crippen molar-refractivity contribution >= 4 is 10.0 Å². The number of benzene rings is 1. The molecule has 0 aliphatic heterocycles. The van der Waals surface area contributed by atoms with Crippen LogP contribution in [0.25, 0.3) is 0 Å². The predicted octanol–water partition coefficient (Wildman–Crippen LogP) is 4.62. The van der Waals surface area contributed by atoms with Crippen LogP contribution in [-0.4, -0.2) is 22.1 Å². The van der Waals surface area contributed by atoms with Crippen molar-refractivity contribution < 1.29 is 13.2 Å². The Morgan fingerprint density at radius 1 is 1.21 bits per heavy atom. The van der Waals surface area contributed by atoms with Crippen molar-refractivity contribution in [2.75, 3.05) is 13.7 Å². The number of ether oxygens (including phenoxy) is 1. The van der Waals surface area contributed by atoms with Crippen molar-refractivity contribution in [3.05, 3.63) is 23.3 Å². The summed E-state index contributed by atoms with van der Waals surface area (Å²) >= 11 is 0. The van der Waals surface area contributed by atoms with Gasteiger partial charge in [-0.2, -0.15) is 0 Å². The van der Waals surface area contributed by atoms with Gasteiger partial charge in [0.25, 0.3) is 0 Å². The van der Waals surface area contributed by atoms with E-state index in [1.165, 1.54) is 0 Å². The molecule has 4 nitrogen and oxygen atoms in total. The molecule has 0 aliphatic carbocycles. The van der Waals surface area contributed by atoms with Crippen LogP contribution in [0.2, 0.25) is 0 Å². The van der Waals surface area contributed by atoms with Crippen molar-refractivity contribution in [3.8, 4) is 5.75 Å². The number of methoxy groups -OCH3 is 1. The molecule has 0 aliphatic rings. The molecule has 1 unspecified atom stereocenters. The Labute approximate surface area is 148 Å². The standard InChI is InChI=1S/C19H33NO3S/c1-7-9-10-16(8-2)13-20-24(21,22)19-12-17(14(3)4)18(23-6)11-15(19)5/h11-12,14,16,20H,7-10,13H2,1-6H3. The van der Waals surface area contributed by atoms with E-state index in [1.807, 2.05) is 26.8 Å². The van der Waals surface area contributed by atoms with Gasteiger partial charge in [-0.25, -0.2) is 13.1 Å². The Morgan fingerprint density at radius 3 is 2.38 bits per heavy atom. The van der Waals surface area contributed by atoms with Gasteiger partial charge in [-0.1, -0.05) is 47.0 Å². The molecular weight excluding hydrogens is 322 g/mol. The molecule has 5 heteroatoms. The number of unbranched alkanes of at least 4 members (excludes halogenated alkanes) is 1. The van der Waals surface area contributed by atoms with Crippen LogP contribution >= 0.6 is 0 Å². The Balaban J connectivity index is 3.03. The van der Waals surface area contributed by atoms with E-state index in [0.717, 1.165) is 37.0 Å². The summed E-state index contributed by atoms with van der Waals surface area (Å²) in [5.74, 6) is 1.33. The highest BCUT2D eigenvalue weighted by atomic mass is 32.2. The van der Waals surface area contributed by atoms with E-state index >= 15 is 0 Å². The highest BCUT2D eigenvalue weighted by Gasteiger charge is 2.21. The Kier molecular flexibility index (Phi) is 8.23. The predicted molar refractivity (Wildman–Crippen MR) is 100 cm³/mol. The molecule has 0 radical (unpaired) electrons. The summed E-state index contributed by atoms with van der Waals surface area (Å²) in [6, 6.07) is 3.58. The monoisotopic (exact) mass is 355 g/mol. The summed E-state index contributed by atoms with van der Waals surface area (Å²) in [6.07, 6.45) is 4.33. The molecule has 1 N–H and O–H groups in total. The van der Waals surface area contributed by atoms with Crippen LogP contribution in [0.1, 0.15) is 70.4 Å². The van der Waals surface area contributed by atoms with Gasteiger partial charge >= 0.3 is 0 Å². The molecule has 1 aromatic rings. The Morgan fingerprint density at radius 2 is 1.88 bits per heavy atom. The average Bonchev–Trinajstić information content (AvgIpc) is 2.54. The van der Waals surface area contributed by atoms with Crippen molar-refractivity contribution in [2.24, 2.45) is 5.92 Å². The van der Waals surface area contributed by atoms with Crippen LogP contribution in [0.3, 0.4) is 0 Å². The first kappa shape index (κ1) is 21.0. The third-order valence-corrected chi connectivity index (χ3v) is 6.11. The van der Waals surface area contributed by atoms with E-state index < -0.39 is 10.0 Å². The quantitative estimate of drug-likeness (QED) is 0.666. The van der Waals surface area contributed by atoms with Crippen LogP contribution in [0, 0.1) is 12.8 Å². The molecule has 138 valence electrons. The molecule has 0 saturated carbocycles. The number of hydrogen-bond acceptors (Lipinski definition) is 3. The third kappa shape index (κ3) is 5.49. The maximum atomic E-state index is 12.8. The van der Waals surface area contributed by atoms with Crippen molar-refractivity contribution in [1.29, 1.82) is 0 Å². The van der Waals surface area contributed by atoms with Crippen LogP contribution in [0.4, 0.5) is 0 Å². The van der Waals surface area contributed by atoms with Gasteiger partial charge in [0.05, 0.1) is 12.0 Å². The molecule has 0 spiro atoms. The molecule has 1 atom stereocenters. The minimum atomic E-state index is -3.51. The SMILES string of the molecule is CCCCC(CC)CNS(=O)(=O)c1cc(C(C)C)c(OC)cc1C. The lowest BCUT2D eigenvalue weighted by Crippen LogP contribution is -2.30. The molecule has 0 aromatic heterocycles. The smallest absolute Gasteiger partial charge is 0.240 e. The zero-order valence-corrected chi connectivity index (χ0v) is 16.8. The topological polar surface area (TPSA) is 55.4 Å². The summed E-state index contributed by atoms with van der Waals surface area (Å²) in [5.41, 5.74) is 1.63. The summed E-state index contributed by atoms with van der Waals surface area (Å²) in [4.78, 5) is 0.359. The van der Waals surface area contributed by atoms with E-state index in [4.69, 9.17) is 4.74 Å². The fourth-order valence-electron chi connectivity index (χ4n) is 2.84. The first-order valence-electron chi connectivity index (χ1n) is 8.94. The lowest BCUT2D eigenvalue weighted by atomic mass is 10.00. The zero-order chi connectivity index (χ0) is 18.3. The van der Waals surface area contributed by atoms with Crippen LogP contribution in [0.5, 0.6) is 5.75 Å². The second-order valence-electron chi connectivity index (χ2n) is 6.78. The molecule has 0 heterocycles. The first-order valence-corrected chi connectivity index (χ1v) is 10.4. The zero-order valence-electron chi connectivity index (χ0n) is 16.0. The maximum Gasteiger partial charge on any atom is 0.240 e. The fourth-order valence-corrected chi connectivity index (χ4v) is 4.22. The summed E-state index contributed by atoms with van der Waals surface area (Å²) in [7, 11) is -1.89. The normalized spacial score (nSPS) is 13.3. The fraction of sp³-hybridized carbons (Fsp3) is 0.684. The number of hydrogen-bond donors (Lipinski definition) is 1. The first-order chi connectivity index (χ1) is 11.3. The average molecular weight is 356 g/mol. The van der Waals surface area contributed by atoms with Gasteiger partial charge in [0.2, 0.25) is 10.0 Å². The minimum Gasteiger partial charge on any atom is -0.496 e. The van der Waals surface area contributed by atoms with Gasteiger partial charge < -0.3 is 4.74 Å². The molecule has 24 heavy (non-hydrogen) atoms.